The minimum atomic E-state index is -0.233. The zero-order chi connectivity index (χ0) is 16.2. The van der Waals surface area contributed by atoms with Crippen LogP contribution >= 0.6 is 0 Å². The van der Waals surface area contributed by atoms with E-state index in [0.29, 0.717) is 17.3 Å². The van der Waals surface area contributed by atoms with Crippen LogP contribution in [0.25, 0.3) is 10.9 Å². The molecule has 0 saturated carbocycles. The smallest absolute Gasteiger partial charge is 0.261 e. The van der Waals surface area contributed by atoms with E-state index in [0.717, 1.165) is 5.76 Å². The fourth-order valence-electron chi connectivity index (χ4n) is 2.48. The average Bonchev–Trinajstić information content (AvgIpc) is 3.03. The lowest BCUT2D eigenvalue weighted by Gasteiger charge is -2.13. The first kappa shape index (κ1) is 15.0. The molecule has 0 unspecified atom stereocenters. The van der Waals surface area contributed by atoms with Crippen molar-refractivity contribution >= 4 is 16.8 Å². The van der Waals surface area contributed by atoms with Gasteiger partial charge >= 0.3 is 0 Å². The van der Waals surface area contributed by atoms with E-state index in [1.165, 1.54) is 10.9 Å². The number of rotatable bonds is 5. The van der Waals surface area contributed by atoms with Gasteiger partial charge in [0.2, 0.25) is 5.91 Å². The van der Waals surface area contributed by atoms with Crippen LogP contribution in [0.1, 0.15) is 12.7 Å². The number of hydrogen-bond donors (Lipinski definition) is 1. The Morgan fingerprint density at radius 2 is 2.13 bits per heavy atom. The quantitative estimate of drug-likeness (QED) is 0.778. The van der Waals surface area contributed by atoms with Crippen molar-refractivity contribution in [2.45, 2.75) is 25.9 Å². The predicted molar refractivity (Wildman–Crippen MR) is 86.0 cm³/mol. The van der Waals surface area contributed by atoms with E-state index in [1.807, 2.05) is 25.1 Å². The lowest BCUT2D eigenvalue weighted by Crippen LogP contribution is -2.38. The van der Waals surface area contributed by atoms with Gasteiger partial charge in [-0.2, -0.15) is 0 Å². The Morgan fingerprint density at radius 3 is 2.91 bits per heavy atom. The minimum Gasteiger partial charge on any atom is -0.469 e. The molecule has 118 valence electrons. The Labute approximate surface area is 132 Å². The molecule has 3 aromatic rings. The Bertz CT molecular complexity index is 868. The molecule has 0 aliphatic rings. The van der Waals surface area contributed by atoms with E-state index in [2.05, 4.69) is 10.3 Å². The summed E-state index contributed by atoms with van der Waals surface area (Å²) in [6, 6.07) is 10.7. The Kier molecular flexibility index (Phi) is 4.23. The standard InChI is InChI=1S/C17H17N3O3/c1-12(9-13-5-4-8-23-13)19-16(21)10-20-11-18-15-7-3-2-6-14(15)17(20)22/h2-8,11-12H,9-10H2,1H3,(H,19,21)/t12-/m1/s1. The number of carbonyl (C=O) groups is 1. The van der Waals surface area contributed by atoms with Crippen LogP contribution in [0.15, 0.2) is 58.2 Å². The third kappa shape index (κ3) is 3.48. The van der Waals surface area contributed by atoms with E-state index in [-0.39, 0.29) is 24.1 Å². The molecule has 1 N–H and O–H groups in total. The molecule has 0 radical (unpaired) electrons. The second kappa shape index (κ2) is 6.48. The fourth-order valence-corrected chi connectivity index (χ4v) is 2.48. The average molecular weight is 311 g/mol. The van der Waals surface area contributed by atoms with E-state index in [1.54, 1.807) is 24.5 Å². The van der Waals surface area contributed by atoms with Crippen LogP contribution < -0.4 is 10.9 Å². The number of fused-ring (bicyclic) bond motifs is 1. The topological polar surface area (TPSA) is 77.1 Å². The van der Waals surface area contributed by atoms with Crippen molar-refractivity contribution in [3.63, 3.8) is 0 Å². The molecular weight excluding hydrogens is 294 g/mol. The number of benzene rings is 1. The molecule has 0 bridgehead atoms. The Balaban J connectivity index is 1.68. The van der Waals surface area contributed by atoms with Crippen LogP contribution in [-0.4, -0.2) is 21.5 Å². The van der Waals surface area contributed by atoms with Gasteiger partial charge in [0.1, 0.15) is 12.3 Å². The Hall–Kier alpha value is -2.89. The molecular formula is C17H17N3O3. The maximum Gasteiger partial charge on any atom is 0.261 e. The number of carbonyl (C=O) groups excluding carboxylic acids is 1. The van der Waals surface area contributed by atoms with Crippen molar-refractivity contribution in [2.24, 2.45) is 0 Å². The van der Waals surface area contributed by atoms with Crippen molar-refractivity contribution in [1.82, 2.24) is 14.9 Å². The molecule has 6 heteroatoms. The lowest BCUT2D eigenvalue weighted by molar-refractivity contribution is -0.122. The van der Waals surface area contributed by atoms with Crippen molar-refractivity contribution in [2.75, 3.05) is 0 Å². The van der Waals surface area contributed by atoms with Gasteiger partial charge in [0.15, 0.2) is 0 Å². The number of nitrogens with one attached hydrogen (secondary N) is 1. The molecule has 0 fully saturated rings. The van der Waals surface area contributed by atoms with Gasteiger partial charge in [0.05, 0.1) is 23.5 Å². The van der Waals surface area contributed by atoms with Gasteiger partial charge in [-0.15, -0.1) is 0 Å². The molecule has 1 amide bonds. The molecule has 3 rings (SSSR count). The molecule has 2 aromatic heterocycles. The van der Waals surface area contributed by atoms with Crippen molar-refractivity contribution in [1.29, 1.82) is 0 Å². The van der Waals surface area contributed by atoms with Gasteiger partial charge in [0.25, 0.3) is 5.56 Å². The van der Waals surface area contributed by atoms with Gasteiger partial charge < -0.3 is 9.73 Å². The van der Waals surface area contributed by atoms with Crippen LogP contribution in [0, 0.1) is 0 Å². The lowest BCUT2D eigenvalue weighted by atomic mass is 10.2. The normalized spacial score (nSPS) is 12.2. The summed E-state index contributed by atoms with van der Waals surface area (Å²) in [6.45, 7) is 1.83. The SMILES string of the molecule is C[C@H](Cc1ccco1)NC(=O)Cn1cnc2ccccc2c1=O. The van der Waals surface area contributed by atoms with Gasteiger partial charge in [-0.05, 0) is 31.2 Å². The monoisotopic (exact) mass is 311 g/mol. The highest BCUT2D eigenvalue weighted by atomic mass is 16.3. The summed E-state index contributed by atoms with van der Waals surface area (Å²) in [5, 5.41) is 3.36. The summed E-state index contributed by atoms with van der Waals surface area (Å²) in [4.78, 5) is 28.6. The minimum absolute atomic E-state index is 0.0564. The Morgan fingerprint density at radius 1 is 1.30 bits per heavy atom. The van der Waals surface area contributed by atoms with Gasteiger partial charge in [0, 0.05) is 12.5 Å². The molecule has 2 heterocycles. The number of hydrogen-bond acceptors (Lipinski definition) is 4. The summed E-state index contributed by atoms with van der Waals surface area (Å²) in [5.41, 5.74) is 0.407. The second-order valence-corrected chi connectivity index (χ2v) is 5.45. The first-order chi connectivity index (χ1) is 11.1. The second-order valence-electron chi connectivity index (χ2n) is 5.45. The van der Waals surface area contributed by atoms with Crippen molar-refractivity contribution in [3.05, 3.63) is 65.1 Å². The molecule has 0 spiro atoms. The van der Waals surface area contributed by atoms with E-state index < -0.39 is 0 Å². The number of amides is 1. The van der Waals surface area contributed by atoms with Crippen LogP contribution in [0.5, 0.6) is 0 Å². The van der Waals surface area contributed by atoms with Gasteiger partial charge in [-0.1, -0.05) is 12.1 Å². The van der Waals surface area contributed by atoms with Crippen LogP contribution in [0.2, 0.25) is 0 Å². The fraction of sp³-hybridized carbons (Fsp3) is 0.235. The largest absolute Gasteiger partial charge is 0.469 e. The number of furan rings is 1. The highest BCUT2D eigenvalue weighted by Crippen LogP contribution is 2.05. The van der Waals surface area contributed by atoms with Crippen LogP contribution in [-0.2, 0) is 17.8 Å². The molecule has 1 aromatic carbocycles. The maximum absolute atomic E-state index is 12.3. The molecule has 0 saturated heterocycles. The van der Waals surface area contributed by atoms with E-state index in [9.17, 15) is 9.59 Å². The van der Waals surface area contributed by atoms with Crippen LogP contribution in [0.3, 0.4) is 0 Å². The zero-order valence-corrected chi connectivity index (χ0v) is 12.7. The van der Waals surface area contributed by atoms with Gasteiger partial charge in [-0.25, -0.2) is 4.98 Å². The molecule has 23 heavy (non-hydrogen) atoms. The highest BCUT2D eigenvalue weighted by molar-refractivity contribution is 5.79. The first-order valence-electron chi connectivity index (χ1n) is 7.39. The summed E-state index contributed by atoms with van der Waals surface area (Å²) in [5.74, 6) is 0.575. The van der Waals surface area contributed by atoms with Crippen LogP contribution in [0.4, 0.5) is 0 Å². The van der Waals surface area contributed by atoms with Gasteiger partial charge in [-0.3, -0.25) is 14.2 Å². The van der Waals surface area contributed by atoms with Crippen molar-refractivity contribution in [3.8, 4) is 0 Å². The summed E-state index contributed by atoms with van der Waals surface area (Å²) >= 11 is 0. The predicted octanol–water partition coefficient (Wildman–Crippen LogP) is 1.74. The molecule has 0 aliphatic heterocycles. The number of nitrogens with zero attached hydrogens (tertiary/aromatic N) is 2. The summed E-state index contributed by atoms with van der Waals surface area (Å²) in [7, 11) is 0. The maximum atomic E-state index is 12.3. The number of para-hydroxylation sites is 1. The summed E-state index contributed by atoms with van der Waals surface area (Å²) in [6.07, 6.45) is 3.61. The first-order valence-corrected chi connectivity index (χ1v) is 7.39. The van der Waals surface area contributed by atoms with Crippen molar-refractivity contribution < 1.29 is 9.21 Å². The van der Waals surface area contributed by atoms with E-state index >= 15 is 0 Å². The highest BCUT2D eigenvalue weighted by Gasteiger charge is 2.12. The molecule has 0 aliphatic carbocycles. The van der Waals surface area contributed by atoms with E-state index in [4.69, 9.17) is 4.42 Å². The molecule has 6 nitrogen and oxygen atoms in total. The molecule has 1 atom stereocenters. The number of aromatic nitrogens is 2. The third-order valence-corrected chi connectivity index (χ3v) is 3.54. The summed E-state index contributed by atoms with van der Waals surface area (Å²) < 4.78 is 6.57. The zero-order valence-electron chi connectivity index (χ0n) is 12.7. The third-order valence-electron chi connectivity index (χ3n) is 3.54.